The van der Waals surface area contributed by atoms with Crippen LogP contribution < -0.4 is 5.32 Å². The van der Waals surface area contributed by atoms with Gasteiger partial charge in [0.2, 0.25) is 0 Å². The van der Waals surface area contributed by atoms with Crippen molar-refractivity contribution in [2.45, 2.75) is 63.6 Å². The largest absolute Gasteiger partial charge is 0.452 e. The van der Waals surface area contributed by atoms with Gasteiger partial charge in [0.1, 0.15) is 5.60 Å². The van der Waals surface area contributed by atoms with Crippen LogP contribution in [0.4, 0.5) is 0 Å². The van der Waals surface area contributed by atoms with E-state index in [0.717, 1.165) is 57.2 Å². The Kier molecular flexibility index (Phi) is 7.06. The van der Waals surface area contributed by atoms with E-state index in [-0.39, 0.29) is 0 Å². The number of piperidine rings is 1. The quantitative estimate of drug-likeness (QED) is 0.571. The van der Waals surface area contributed by atoms with E-state index < -0.39 is 17.7 Å². The summed E-state index contributed by atoms with van der Waals surface area (Å²) in [5, 5.41) is 13.4. The molecule has 0 saturated carbocycles. The number of aliphatic hydroxyl groups excluding tert-OH is 1. The molecular formula is C19H29NO3. The molecule has 1 unspecified atom stereocenters. The molecule has 0 bridgehead atoms. The number of hydrogen-bond donors (Lipinski definition) is 2. The molecule has 1 fully saturated rings. The Labute approximate surface area is 139 Å². The minimum atomic E-state index is -1.01. The highest BCUT2D eigenvalue weighted by Gasteiger charge is 2.38. The Hall–Kier alpha value is -1.39. The third-order valence-electron chi connectivity index (χ3n) is 4.61. The van der Waals surface area contributed by atoms with E-state index in [1.807, 2.05) is 30.3 Å². The minimum absolute atomic E-state index is 0.479. The first-order valence-electron chi connectivity index (χ1n) is 8.85. The van der Waals surface area contributed by atoms with Crippen LogP contribution in [0.25, 0.3) is 0 Å². The second-order valence-electron chi connectivity index (χ2n) is 6.40. The Bertz CT molecular complexity index is 469. The van der Waals surface area contributed by atoms with Gasteiger partial charge in [-0.25, -0.2) is 4.79 Å². The molecule has 1 saturated heterocycles. The summed E-state index contributed by atoms with van der Waals surface area (Å²) in [7, 11) is 0. The fourth-order valence-electron chi connectivity index (χ4n) is 3.17. The van der Waals surface area contributed by atoms with Gasteiger partial charge in [0, 0.05) is 12.8 Å². The van der Waals surface area contributed by atoms with Crippen LogP contribution in [-0.4, -0.2) is 30.3 Å². The van der Waals surface area contributed by atoms with Crippen LogP contribution in [0.1, 0.15) is 57.4 Å². The van der Waals surface area contributed by atoms with Gasteiger partial charge < -0.3 is 15.2 Å². The topological polar surface area (TPSA) is 58.6 Å². The summed E-state index contributed by atoms with van der Waals surface area (Å²) in [5.41, 5.74) is 0.418. The summed E-state index contributed by atoms with van der Waals surface area (Å²) >= 11 is 0. The Balaban J connectivity index is 1.99. The maximum Gasteiger partial charge on any atom is 0.335 e. The number of esters is 1. The summed E-state index contributed by atoms with van der Waals surface area (Å²) in [6.07, 6.45) is 5.16. The van der Waals surface area contributed by atoms with E-state index in [1.165, 1.54) is 0 Å². The summed E-state index contributed by atoms with van der Waals surface area (Å²) in [6, 6.07) is 9.91. The number of carbonyl (C=O) groups is 1. The molecule has 1 aliphatic heterocycles. The maximum absolute atomic E-state index is 12.4. The number of unbranched alkanes of at least 4 members (excludes halogenated alkanes) is 3. The van der Waals surface area contributed by atoms with E-state index in [4.69, 9.17) is 4.74 Å². The van der Waals surface area contributed by atoms with Crippen LogP contribution in [0.3, 0.4) is 0 Å². The third-order valence-corrected chi connectivity index (χ3v) is 4.61. The van der Waals surface area contributed by atoms with E-state index in [9.17, 15) is 9.90 Å². The van der Waals surface area contributed by atoms with Gasteiger partial charge in [0.25, 0.3) is 0 Å². The zero-order chi connectivity index (χ0) is 16.5. The average Bonchev–Trinajstić information content (AvgIpc) is 2.60. The molecule has 128 valence electrons. The van der Waals surface area contributed by atoms with Crippen molar-refractivity contribution in [2.24, 2.45) is 0 Å². The van der Waals surface area contributed by atoms with Gasteiger partial charge in [0.05, 0.1) is 0 Å². The zero-order valence-electron chi connectivity index (χ0n) is 14.1. The molecule has 0 radical (unpaired) electrons. The van der Waals surface area contributed by atoms with Crippen LogP contribution in [0.15, 0.2) is 30.3 Å². The summed E-state index contributed by atoms with van der Waals surface area (Å²) in [5.74, 6) is -0.479. The van der Waals surface area contributed by atoms with Crippen molar-refractivity contribution in [1.29, 1.82) is 0 Å². The van der Waals surface area contributed by atoms with Crippen molar-refractivity contribution < 1.29 is 14.6 Å². The summed E-state index contributed by atoms with van der Waals surface area (Å²) < 4.78 is 5.85. The molecule has 1 aromatic rings. The summed E-state index contributed by atoms with van der Waals surface area (Å²) in [6.45, 7) is 3.77. The lowest BCUT2D eigenvalue weighted by Gasteiger charge is -2.38. The second kappa shape index (κ2) is 9.04. The normalized spacial score (nSPS) is 18.3. The first-order valence-corrected chi connectivity index (χ1v) is 8.85. The number of hydrogen-bond acceptors (Lipinski definition) is 4. The van der Waals surface area contributed by atoms with Gasteiger partial charge in [-0.15, -0.1) is 0 Å². The standard InChI is InChI=1S/C19H29NO3/c1-2-3-4-8-11-17(21)18(22)23-19(12-14-20-15-13-19)16-9-6-5-7-10-16/h5-7,9-10,17,20-21H,2-4,8,11-15H2,1H3. The van der Waals surface area contributed by atoms with Gasteiger partial charge in [-0.1, -0.05) is 62.9 Å². The monoisotopic (exact) mass is 319 g/mol. The molecule has 1 heterocycles. The Morgan fingerprint density at radius 2 is 1.91 bits per heavy atom. The van der Waals surface area contributed by atoms with Crippen LogP contribution in [-0.2, 0) is 15.1 Å². The van der Waals surface area contributed by atoms with Crippen LogP contribution in [0.5, 0.6) is 0 Å². The number of ether oxygens (including phenoxy) is 1. The second-order valence-corrected chi connectivity index (χ2v) is 6.40. The smallest absolute Gasteiger partial charge is 0.335 e. The fourth-order valence-corrected chi connectivity index (χ4v) is 3.17. The predicted octanol–water partition coefficient (Wildman–Crippen LogP) is 3.14. The Morgan fingerprint density at radius 3 is 2.57 bits per heavy atom. The molecule has 1 atom stereocenters. The van der Waals surface area contributed by atoms with Gasteiger partial charge in [0.15, 0.2) is 6.10 Å². The molecule has 23 heavy (non-hydrogen) atoms. The van der Waals surface area contributed by atoms with Crippen molar-refractivity contribution in [3.8, 4) is 0 Å². The molecule has 2 N–H and O–H groups in total. The lowest BCUT2D eigenvalue weighted by atomic mass is 9.84. The molecule has 1 aromatic carbocycles. The molecule has 1 aliphatic rings. The molecule has 2 rings (SSSR count). The van der Waals surface area contributed by atoms with E-state index in [1.54, 1.807) is 0 Å². The third kappa shape index (κ3) is 5.05. The first kappa shape index (κ1) is 18.0. The zero-order valence-corrected chi connectivity index (χ0v) is 14.1. The van der Waals surface area contributed by atoms with Gasteiger partial charge in [-0.2, -0.15) is 0 Å². The number of rotatable bonds is 8. The molecule has 0 spiro atoms. The van der Waals surface area contributed by atoms with Crippen LogP contribution in [0, 0.1) is 0 Å². The van der Waals surface area contributed by atoms with Crippen molar-refractivity contribution in [2.75, 3.05) is 13.1 Å². The van der Waals surface area contributed by atoms with Crippen molar-refractivity contribution in [1.82, 2.24) is 5.32 Å². The summed E-state index contributed by atoms with van der Waals surface area (Å²) in [4.78, 5) is 12.4. The number of benzene rings is 1. The van der Waals surface area contributed by atoms with Crippen molar-refractivity contribution in [3.63, 3.8) is 0 Å². The molecule has 0 amide bonds. The minimum Gasteiger partial charge on any atom is -0.452 e. The molecule has 4 heteroatoms. The highest BCUT2D eigenvalue weighted by molar-refractivity contribution is 5.75. The van der Waals surface area contributed by atoms with Crippen LogP contribution in [0.2, 0.25) is 0 Å². The van der Waals surface area contributed by atoms with E-state index >= 15 is 0 Å². The highest BCUT2D eigenvalue weighted by Crippen LogP contribution is 2.35. The van der Waals surface area contributed by atoms with E-state index in [2.05, 4.69) is 12.2 Å². The molecule has 0 aliphatic carbocycles. The van der Waals surface area contributed by atoms with Gasteiger partial charge in [-0.05, 0) is 25.1 Å². The van der Waals surface area contributed by atoms with Crippen LogP contribution >= 0.6 is 0 Å². The average molecular weight is 319 g/mol. The number of nitrogens with one attached hydrogen (secondary N) is 1. The fraction of sp³-hybridized carbons (Fsp3) is 0.632. The van der Waals surface area contributed by atoms with E-state index in [0.29, 0.717) is 6.42 Å². The highest BCUT2D eigenvalue weighted by atomic mass is 16.6. The van der Waals surface area contributed by atoms with Gasteiger partial charge >= 0.3 is 5.97 Å². The predicted molar refractivity (Wildman–Crippen MR) is 91.1 cm³/mol. The lowest BCUT2D eigenvalue weighted by molar-refractivity contribution is -0.174. The SMILES string of the molecule is CCCCCCC(O)C(=O)OC1(c2ccccc2)CCNCC1. The maximum atomic E-state index is 12.4. The molecule has 0 aromatic heterocycles. The molecule has 4 nitrogen and oxygen atoms in total. The Morgan fingerprint density at radius 1 is 1.22 bits per heavy atom. The first-order chi connectivity index (χ1) is 11.2. The lowest BCUT2D eigenvalue weighted by Crippen LogP contribution is -2.44. The van der Waals surface area contributed by atoms with Gasteiger partial charge in [-0.3, -0.25) is 0 Å². The molecular weight excluding hydrogens is 290 g/mol. The number of carbonyl (C=O) groups excluding carboxylic acids is 1. The van der Waals surface area contributed by atoms with Crippen molar-refractivity contribution in [3.05, 3.63) is 35.9 Å². The number of aliphatic hydroxyl groups is 1. The van der Waals surface area contributed by atoms with Crippen molar-refractivity contribution >= 4 is 5.97 Å².